The molecule has 0 spiro atoms. The molecule has 1 amide bonds. The highest BCUT2D eigenvalue weighted by Gasteiger charge is 2.29. The van der Waals surface area contributed by atoms with E-state index in [4.69, 9.17) is 4.74 Å². The first-order valence-electron chi connectivity index (χ1n) is 8.20. The molecule has 2 atom stereocenters. The number of nitrogens with zero attached hydrogens (tertiary/aromatic N) is 1. The first-order valence-corrected chi connectivity index (χ1v) is 8.20. The molecule has 6 heteroatoms. The van der Waals surface area contributed by atoms with Crippen molar-refractivity contribution in [2.24, 2.45) is 5.10 Å². The van der Waals surface area contributed by atoms with Gasteiger partial charge in [0.15, 0.2) is 0 Å². The zero-order valence-electron chi connectivity index (χ0n) is 14.3. The quantitative estimate of drug-likeness (QED) is 0.576. The van der Waals surface area contributed by atoms with Crippen LogP contribution in [0, 0.1) is 6.92 Å². The van der Waals surface area contributed by atoms with E-state index < -0.39 is 0 Å². The van der Waals surface area contributed by atoms with Crippen molar-refractivity contribution in [1.29, 1.82) is 0 Å². The molecule has 3 rings (SSSR count). The second-order valence-electron chi connectivity index (χ2n) is 6.05. The summed E-state index contributed by atoms with van der Waals surface area (Å²) in [5, 5.41) is 4.02. The molecule has 0 aromatic heterocycles. The van der Waals surface area contributed by atoms with Gasteiger partial charge in [-0.15, -0.1) is 0 Å². The number of hydrazine groups is 1. The summed E-state index contributed by atoms with van der Waals surface area (Å²) in [6.07, 6.45) is 2.27. The van der Waals surface area contributed by atoms with Gasteiger partial charge in [-0.25, -0.2) is 16.3 Å². The van der Waals surface area contributed by atoms with Crippen molar-refractivity contribution in [2.75, 3.05) is 7.11 Å². The number of rotatable bonds is 5. The van der Waals surface area contributed by atoms with E-state index in [2.05, 4.69) is 52.6 Å². The Labute approximate surface area is 147 Å². The molecule has 6 nitrogen and oxygen atoms in total. The number of hydrazone groups is 1. The van der Waals surface area contributed by atoms with Crippen LogP contribution in [-0.4, -0.2) is 25.3 Å². The smallest absolute Gasteiger partial charge is 0.258 e. The number of nitrogens with one attached hydrogen (secondary N) is 3. The van der Waals surface area contributed by atoms with Crippen LogP contribution in [0.3, 0.4) is 0 Å². The third-order valence-corrected chi connectivity index (χ3v) is 4.18. The fraction of sp³-hybridized carbons (Fsp3) is 0.263. The number of amides is 1. The summed E-state index contributed by atoms with van der Waals surface area (Å²) in [5.74, 6) is 0.583. The Hall–Kier alpha value is -2.70. The minimum Gasteiger partial charge on any atom is -0.497 e. The van der Waals surface area contributed by atoms with Gasteiger partial charge in [0.25, 0.3) is 5.91 Å². The lowest BCUT2D eigenvalue weighted by Crippen LogP contribution is -2.41. The number of benzene rings is 2. The Bertz CT molecular complexity index is 758. The van der Waals surface area contributed by atoms with Gasteiger partial charge in [0, 0.05) is 6.04 Å². The summed E-state index contributed by atoms with van der Waals surface area (Å²) in [5.41, 5.74) is 12.0. The van der Waals surface area contributed by atoms with Crippen LogP contribution in [-0.2, 0) is 4.79 Å². The predicted octanol–water partition coefficient (Wildman–Crippen LogP) is 2.06. The molecule has 1 aliphatic heterocycles. The van der Waals surface area contributed by atoms with Gasteiger partial charge in [0.1, 0.15) is 11.8 Å². The highest BCUT2D eigenvalue weighted by molar-refractivity contribution is 5.85. The lowest BCUT2D eigenvalue weighted by atomic mass is 10.0. The first-order chi connectivity index (χ1) is 12.2. The normalized spacial score (nSPS) is 19.9. The van der Waals surface area contributed by atoms with Gasteiger partial charge in [-0.2, -0.15) is 5.10 Å². The average Bonchev–Trinajstić information content (AvgIpc) is 3.12. The molecule has 0 saturated carbocycles. The van der Waals surface area contributed by atoms with Crippen LogP contribution in [0.1, 0.15) is 29.2 Å². The highest BCUT2D eigenvalue weighted by atomic mass is 16.5. The molecule has 130 valence electrons. The molecule has 0 bridgehead atoms. The number of methoxy groups -OCH3 is 1. The van der Waals surface area contributed by atoms with Gasteiger partial charge in [-0.05, 0) is 36.6 Å². The van der Waals surface area contributed by atoms with Crippen molar-refractivity contribution in [3.05, 3.63) is 65.2 Å². The maximum absolute atomic E-state index is 12.2. The lowest BCUT2D eigenvalue weighted by Gasteiger charge is -2.09. The van der Waals surface area contributed by atoms with Crippen molar-refractivity contribution in [3.8, 4) is 5.75 Å². The van der Waals surface area contributed by atoms with Crippen molar-refractivity contribution < 1.29 is 9.53 Å². The summed E-state index contributed by atoms with van der Waals surface area (Å²) in [6, 6.07) is 15.6. The van der Waals surface area contributed by atoms with Gasteiger partial charge in [-0.1, -0.05) is 42.0 Å². The molecule has 2 unspecified atom stereocenters. The molecular formula is C19H22N4O2. The van der Waals surface area contributed by atoms with Gasteiger partial charge in [0.05, 0.1) is 13.3 Å². The molecular weight excluding hydrogens is 316 g/mol. The predicted molar refractivity (Wildman–Crippen MR) is 97.3 cm³/mol. The number of carbonyl (C=O) groups is 1. The number of hydrogen-bond acceptors (Lipinski definition) is 5. The van der Waals surface area contributed by atoms with Crippen LogP contribution in [0.15, 0.2) is 53.6 Å². The lowest BCUT2D eigenvalue weighted by molar-refractivity contribution is -0.122. The largest absolute Gasteiger partial charge is 0.497 e. The van der Waals surface area contributed by atoms with Crippen LogP contribution in [0.5, 0.6) is 5.75 Å². The zero-order chi connectivity index (χ0) is 17.6. The molecule has 25 heavy (non-hydrogen) atoms. The van der Waals surface area contributed by atoms with Crippen LogP contribution < -0.4 is 21.0 Å². The molecule has 1 heterocycles. The minimum atomic E-state index is -0.325. The fourth-order valence-electron chi connectivity index (χ4n) is 2.72. The van der Waals surface area contributed by atoms with E-state index in [-0.39, 0.29) is 18.0 Å². The molecule has 2 aromatic carbocycles. The fourth-order valence-corrected chi connectivity index (χ4v) is 2.72. The monoisotopic (exact) mass is 338 g/mol. The van der Waals surface area contributed by atoms with E-state index in [0.717, 1.165) is 16.9 Å². The number of carbonyl (C=O) groups excluding carboxylic acids is 1. The average molecular weight is 338 g/mol. The molecule has 2 aromatic rings. The zero-order valence-corrected chi connectivity index (χ0v) is 14.3. The Morgan fingerprint density at radius 3 is 2.80 bits per heavy atom. The topological polar surface area (TPSA) is 74.8 Å². The van der Waals surface area contributed by atoms with Crippen LogP contribution in [0.2, 0.25) is 0 Å². The van der Waals surface area contributed by atoms with Crippen LogP contribution in [0.4, 0.5) is 0 Å². The molecule has 0 radical (unpaired) electrons. The molecule has 1 aliphatic rings. The maximum Gasteiger partial charge on any atom is 0.258 e. The Balaban J connectivity index is 1.53. The van der Waals surface area contributed by atoms with E-state index in [1.54, 1.807) is 13.3 Å². The van der Waals surface area contributed by atoms with E-state index in [0.29, 0.717) is 6.42 Å². The number of aryl methyl sites for hydroxylation is 1. The molecule has 1 fully saturated rings. The Kier molecular flexibility index (Phi) is 5.42. The molecule has 3 N–H and O–H groups in total. The molecule has 0 aliphatic carbocycles. The summed E-state index contributed by atoms with van der Waals surface area (Å²) >= 11 is 0. The minimum absolute atomic E-state index is 0.110. The maximum atomic E-state index is 12.2. The van der Waals surface area contributed by atoms with Gasteiger partial charge >= 0.3 is 0 Å². The summed E-state index contributed by atoms with van der Waals surface area (Å²) in [4.78, 5) is 12.2. The Morgan fingerprint density at radius 2 is 2.04 bits per heavy atom. The van der Waals surface area contributed by atoms with E-state index in [1.165, 1.54) is 5.56 Å². The second kappa shape index (κ2) is 7.92. The van der Waals surface area contributed by atoms with Gasteiger partial charge in [-0.3, -0.25) is 4.79 Å². The van der Waals surface area contributed by atoms with Crippen molar-refractivity contribution >= 4 is 12.1 Å². The van der Waals surface area contributed by atoms with Crippen molar-refractivity contribution in [2.45, 2.75) is 25.4 Å². The van der Waals surface area contributed by atoms with Crippen LogP contribution in [0.25, 0.3) is 0 Å². The van der Waals surface area contributed by atoms with E-state index in [1.807, 2.05) is 24.3 Å². The third-order valence-electron chi connectivity index (χ3n) is 4.18. The third kappa shape index (κ3) is 4.43. The number of ether oxygens (including phenoxy) is 1. The van der Waals surface area contributed by atoms with Gasteiger partial charge in [0.2, 0.25) is 0 Å². The SMILES string of the molecule is COc1cccc(/C=N/NC(=O)C2CC(c3ccc(C)cc3)NN2)c1. The molecule has 1 saturated heterocycles. The summed E-state index contributed by atoms with van der Waals surface area (Å²) in [7, 11) is 1.61. The van der Waals surface area contributed by atoms with E-state index >= 15 is 0 Å². The highest BCUT2D eigenvalue weighted by Crippen LogP contribution is 2.22. The standard InChI is InChI=1S/C19H22N4O2/c1-13-6-8-15(9-7-13)17-11-18(22-21-17)19(24)23-20-12-14-4-3-5-16(10-14)25-2/h3-10,12,17-18,21-22H,11H2,1-2H3,(H,23,24)/b20-12+. The van der Waals surface area contributed by atoms with Crippen LogP contribution >= 0.6 is 0 Å². The second-order valence-corrected chi connectivity index (χ2v) is 6.05. The summed E-state index contributed by atoms with van der Waals surface area (Å²) < 4.78 is 5.16. The Morgan fingerprint density at radius 1 is 1.24 bits per heavy atom. The van der Waals surface area contributed by atoms with E-state index in [9.17, 15) is 4.79 Å². The van der Waals surface area contributed by atoms with Crippen molar-refractivity contribution in [3.63, 3.8) is 0 Å². The van der Waals surface area contributed by atoms with Gasteiger partial charge < -0.3 is 4.74 Å². The number of hydrogen-bond donors (Lipinski definition) is 3. The summed E-state index contributed by atoms with van der Waals surface area (Å²) in [6.45, 7) is 2.06. The first kappa shape index (κ1) is 17.1. The van der Waals surface area contributed by atoms with Crippen molar-refractivity contribution in [1.82, 2.24) is 16.3 Å².